The molecule has 0 rings (SSSR count). The van der Waals surface area contributed by atoms with Crippen molar-refractivity contribution < 1.29 is 33.6 Å². The van der Waals surface area contributed by atoms with E-state index < -0.39 is 0 Å². The summed E-state index contributed by atoms with van der Waals surface area (Å²) in [6, 6.07) is 0. The summed E-state index contributed by atoms with van der Waals surface area (Å²) < 4.78 is 8.06. The summed E-state index contributed by atoms with van der Waals surface area (Å²) in [7, 11) is 1.72. The Labute approximate surface area is 79.2 Å². The van der Waals surface area contributed by atoms with E-state index in [2.05, 4.69) is 0 Å². The van der Waals surface area contributed by atoms with E-state index in [4.69, 9.17) is 4.57 Å². The van der Waals surface area contributed by atoms with Gasteiger partial charge in [0.1, 0.15) is 9.12 Å². The zero-order valence-corrected chi connectivity index (χ0v) is 7.78. The molecule has 0 aromatic rings. The Morgan fingerprint density at radius 2 is 1.50 bits per heavy atom. The standard InChI is InChI=1S/Ca.HOP.Zr.2H/c;1-2;;;/h;2H;;;/q+2;;;2*-1. The molecule has 0 fully saturated rings. The van der Waals surface area contributed by atoms with E-state index in [1.54, 1.807) is 9.12 Å². The van der Waals surface area contributed by atoms with Gasteiger partial charge in [0.25, 0.3) is 0 Å². The van der Waals surface area contributed by atoms with Crippen molar-refractivity contribution in [1.82, 2.24) is 0 Å². The predicted molar refractivity (Wildman–Crippen MR) is 17.0 cm³/mol. The van der Waals surface area contributed by atoms with Gasteiger partial charge >= 0.3 is 37.7 Å². The maximum absolute atomic E-state index is 8.06. The smallest absolute Gasteiger partial charge is 1.00 e. The van der Waals surface area contributed by atoms with Gasteiger partial charge in [0.05, 0.1) is 0 Å². The molecule has 0 amide bonds. The topological polar surface area (TPSA) is 17.1 Å². The molecular formula is H3CaOPZr. The number of rotatable bonds is 0. The van der Waals surface area contributed by atoms with E-state index in [1.165, 1.54) is 0 Å². The Kier molecular flexibility index (Phi) is 76.5. The van der Waals surface area contributed by atoms with Crippen LogP contribution < -0.4 is 0 Å². The van der Waals surface area contributed by atoms with Gasteiger partial charge in [-0.15, -0.1) is 0 Å². The largest absolute Gasteiger partial charge is 2.00 e. The van der Waals surface area contributed by atoms with Crippen LogP contribution >= 0.6 is 9.12 Å². The van der Waals surface area contributed by atoms with Gasteiger partial charge in [0.15, 0.2) is 0 Å². The summed E-state index contributed by atoms with van der Waals surface area (Å²) in [4.78, 5) is 0. The molecule has 0 aliphatic carbocycles. The zero-order chi connectivity index (χ0) is 2.00. The normalized spacial score (nSPS) is 1.00. The molecule has 0 bridgehead atoms. The second-order valence-electron chi connectivity index (χ2n) is 0. The van der Waals surface area contributed by atoms with Gasteiger partial charge in [-0.25, -0.2) is 0 Å². The minimum atomic E-state index is 0. The first-order chi connectivity index (χ1) is 1.00. The molecule has 1 nitrogen and oxygen atoms in total. The maximum atomic E-state index is 8.06. The van der Waals surface area contributed by atoms with Gasteiger partial charge in [-0.05, 0) is 0 Å². The van der Waals surface area contributed by atoms with Gasteiger partial charge < -0.3 is 2.85 Å². The third-order valence-corrected chi connectivity index (χ3v) is 0. The molecule has 4 heteroatoms. The van der Waals surface area contributed by atoms with Crippen LogP contribution in [0.4, 0.5) is 0 Å². The van der Waals surface area contributed by atoms with E-state index in [9.17, 15) is 0 Å². The summed E-state index contributed by atoms with van der Waals surface area (Å²) in [6.45, 7) is 0. The Morgan fingerprint density at radius 1 is 1.50 bits per heavy atom. The first kappa shape index (κ1) is 16.3. The van der Waals surface area contributed by atoms with Crippen LogP contribution in [0.15, 0.2) is 0 Å². The molecule has 4 heavy (non-hydrogen) atoms. The molecule has 0 aliphatic heterocycles. The molecule has 20 valence electrons. The van der Waals surface area contributed by atoms with Crippen LogP contribution in [-0.4, -0.2) is 37.7 Å². The fourth-order valence-electron chi connectivity index (χ4n) is 0. The van der Waals surface area contributed by atoms with Crippen molar-refractivity contribution in [1.29, 1.82) is 0 Å². The molecule has 0 saturated heterocycles. The van der Waals surface area contributed by atoms with Gasteiger partial charge in [-0.2, -0.15) is 0 Å². The second kappa shape index (κ2) is 18.8. The predicted octanol–water partition coefficient (Wildman–Crippen LogP) is 0.316. The molecule has 0 heterocycles. The van der Waals surface area contributed by atoms with Crippen molar-refractivity contribution >= 4 is 46.9 Å². The summed E-state index contributed by atoms with van der Waals surface area (Å²) in [5.41, 5.74) is 0. The molecule has 0 atom stereocenters. The third kappa shape index (κ3) is 8.87. The van der Waals surface area contributed by atoms with Gasteiger partial charge in [-0.1, -0.05) is 0 Å². The summed E-state index contributed by atoms with van der Waals surface area (Å²) in [5.74, 6) is 0. The van der Waals surface area contributed by atoms with Crippen LogP contribution in [-0.2, 0) is 30.8 Å². The average molecular weight is 181 g/mol. The second-order valence-corrected chi connectivity index (χ2v) is 0. The monoisotopic (exact) mass is 180 g/mol. The van der Waals surface area contributed by atoms with E-state index in [1.807, 2.05) is 0 Å². The first-order valence-corrected chi connectivity index (χ1v) is 0.612. The van der Waals surface area contributed by atoms with Gasteiger partial charge in [0, 0.05) is 26.2 Å². The van der Waals surface area contributed by atoms with Crippen LogP contribution in [0, 0.1) is 0 Å². The molecule has 0 aliphatic rings. The van der Waals surface area contributed by atoms with Crippen LogP contribution in [0.3, 0.4) is 0 Å². The van der Waals surface area contributed by atoms with Crippen LogP contribution in [0.1, 0.15) is 2.85 Å². The molecule has 0 aromatic heterocycles. The van der Waals surface area contributed by atoms with Crippen molar-refractivity contribution in [2.75, 3.05) is 0 Å². The number of hydrogen-bond donors (Lipinski definition) is 0. The summed E-state index contributed by atoms with van der Waals surface area (Å²) in [6.07, 6.45) is 0. The third-order valence-electron chi connectivity index (χ3n) is 0. The minimum absolute atomic E-state index is 0. The van der Waals surface area contributed by atoms with Crippen molar-refractivity contribution in [2.45, 2.75) is 0 Å². The SMILES string of the molecule is O=P.[Ca+2].[H-].[H-].[Zr]. The van der Waals surface area contributed by atoms with Gasteiger partial charge in [-0.3, -0.25) is 4.57 Å². The maximum Gasteiger partial charge on any atom is 2.00 e. The Hall–Kier alpha value is 2.24. The van der Waals surface area contributed by atoms with Gasteiger partial charge in [0.2, 0.25) is 0 Å². The van der Waals surface area contributed by atoms with E-state index in [0.29, 0.717) is 0 Å². The Morgan fingerprint density at radius 3 is 1.50 bits per heavy atom. The van der Waals surface area contributed by atoms with Crippen LogP contribution in [0.25, 0.3) is 0 Å². The molecule has 0 saturated carbocycles. The molecule has 0 radical (unpaired) electrons. The van der Waals surface area contributed by atoms with Crippen LogP contribution in [0.2, 0.25) is 0 Å². The summed E-state index contributed by atoms with van der Waals surface area (Å²) in [5, 5.41) is 0. The first-order valence-electron chi connectivity index (χ1n) is 0.204. The summed E-state index contributed by atoms with van der Waals surface area (Å²) >= 11 is 0. The Bertz CT molecular complexity index is 13.5. The Balaban J connectivity index is -0.000000000833. The number of hydrogen-bond acceptors (Lipinski definition) is 1. The van der Waals surface area contributed by atoms with Crippen molar-refractivity contribution in [3.63, 3.8) is 0 Å². The van der Waals surface area contributed by atoms with Crippen molar-refractivity contribution in [3.05, 3.63) is 0 Å². The van der Waals surface area contributed by atoms with E-state index in [0.717, 1.165) is 0 Å². The molecular weight excluding hydrogens is 178 g/mol. The van der Waals surface area contributed by atoms with Crippen molar-refractivity contribution in [2.24, 2.45) is 0 Å². The molecule has 0 unspecified atom stereocenters. The fourth-order valence-corrected chi connectivity index (χ4v) is 0. The molecule has 0 aromatic carbocycles. The molecule has 0 N–H and O–H groups in total. The van der Waals surface area contributed by atoms with Crippen LogP contribution in [0.5, 0.6) is 0 Å². The van der Waals surface area contributed by atoms with E-state index >= 15 is 0 Å². The van der Waals surface area contributed by atoms with Crippen molar-refractivity contribution in [3.8, 4) is 0 Å². The minimum Gasteiger partial charge on any atom is -1.00 e. The fraction of sp³-hybridized carbons (Fsp3) is 0. The quantitative estimate of drug-likeness (QED) is 0.388. The van der Waals surface area contributed by atoms with E-state index in [-0.39, 0.29) is 66.8 Å². The molecule has 0 spiro atoms. The average Bonchev–Trinajstić information content (AvgIpc) is 1.00. The zero-order valence-electron chi connectivity index (χ0n) is 4.12.